The molecule has 2 saturated heterocycles. The number of thioether (sulfide) groups is 2. The van der Waals surface area contributed by atoms with Gasteiger partial charge in [0.15, 0.2) is 0 Å². The van der Waals surface area contributed by atoms with Gasteiger partial charge in [0.1, 0.15) is 17.3 Å². The van der Waals surface area contributed by atoms with Crippen LogP contribution in [0.3, 0.4) is 0 Å². The second-order valence-corrected chi connectivity index (χ2v) is 18.7. The summed E-state index contributed by atoms with van der Waals surface area (Å²) in [5.41, 5.74) is 5.64. The maximum atomic E-state index is 14.0. The average molecular weight is 928 g/mol. The van der Waals surface area contributed by atoms with E-state index in [4.69, 9.17) is 21.1 Å². The van der Waals surface area contributed by atoms with E-state index in [0.29, 0.717) is 30.3 Å². The van der Waals surface area contributed by atoms with E-state index < -0.39 is 0 Å². The van der Waals surface area contributed by atoms with Gasteiger partial charge in [-0.25, -0.2) is 4.39 Å². The molecule has 2 fully saturated rings. The maximum absolute atomic E-state index is 14.0. The number of nitrogens with one attached hydrogen (secondary N) is 2. The number of methoxy groups -OCH3 is 2. The van der Waals surface area contributed by atoms with Crippen molar-refractivity contribution in [2.75, 3.05) is 114 Å². The SMILES string of the molecule is COc1ccc2c(c1)C=C(C(=O)NCCCCN1CCN(c3cccc(Cl)c3)CC1)CS2.COc1ccc2c(c1)C=C(C(=O)NCCCCN1CCN(c3ccccc3F)CC1)CS2. The fourth-order valence-electron chi connectivity index (χ4n) is 8.20. The number of ether oxygens (including phenoxy) is 2. The topological polar surface area (TPSA) is 89.6 Å². The Kier molecular flexibility index (Phi) is 17.8. The number of carbonyl (C=O) groups excluding carboxylic acids is 2. The van der Waals surface area contributed by atoms with Gasteiger partial charge in [0, 0.05) is 109 Å². The molecule has 8 rings (SSSR count). The van der Waals surface area contributed by atoms with Crippen LogP contribution in [-0.2, 0) is 9.59 Å². The van der Waals surface area contributed by atoms with Crippen LogP contribution >= 0.6 is 35.1 Å². The minimum Gasteiger partial charge on any atom is -0.497 e. The highest BCUT2D eigenvalue weighted by molar-refractivity contribution is 8.00. The van der Waals surface area contributed by atoms with E-state index in [1.54, 1.807) is 43.8 Å². The molecular formula is C50H60ClFN6O4S2. The zero-order chi connectivity index (χ0) is 44.7. The number of piperazine rings is 2. The lowest BCUT2D eigenvalue weighted by molar-refractivity contribution is -0.118. The molecule has 0 aromatic heterocycles. The molecule has 14 heteroatoms. The summed E-state index contributed by atoms with van der Waals surface area (Å²) in [5, 5.41) is 6.95. The van der Waals surface area contributed by atoms with Crippen LogP contribution in [0.15, 0.2) is 106 Å². The number of benzene rings is 4. The molecule has 10 nitrogen and oxygen atoms in total. The van der Waals surface area contributed by atoms with Crippen molar-refractivity contribution in [2.24, 2.45) is 0 Å². The van der Waals surface area contributed by atoms with Crippen LogP contribution in [0.25, 0.3) is 12.2 Å². The van der Waals surface area contributed by atoms with Gasteiger partial charge in [0.2, 0.25) is 11.8 Å². The van der Waals surface area contributed by atoms with E-state index in [2.05, 4.69) is 42.4 Å². The fourth-order valence-corrected chi connectivity index (χ4v) is 10.3. The molecular weight excluding hydrogens is 867 g/mol. The van der Waals surface area contributed by atoms with Crippen LogP contribution < -0.4 is 29.9 Å². The standard InChI is InChI=1S/C25H30ClN3O2S.C25H30FN3O2S/c1-31-23-7-8-24-19(16-23)15-20(18-32-24)25(30)27-9-2-3-10-28-11-13-29(14-12-28)22-6-4-5-21(26)17-22;1-31-21-8-9-24-19(17-21)16-20(18-32-24)25(30)27-10-4-5-11-28-12-14-29(15-13-28)23-7-3-2-6-22(23)26/h4-8,15-17H,2-3,9-14,18H2,1H3,(H,27,30);2-3,6-9,16-17H,4-5,10-15,18H2,1H3,(H,27,30). The molecule has 0 unspecified atom stereocenters. The van der Waals surface area contributed by atoms with Gasteiger partial charge in [-0.05, 0) is 129 Å². The number of hydrogen-bond acceptors (Lipinski definition) is 10. The Morgan fingerprint density at radius 1 is 0.625 bits per heavy atom. The number of nitrogens with zero attached hydrogens (tertiary/aromatic N) is 4. The summed E-state index contributed by atoms with van der Waals surface area (Å²) in [5.74, 6) is 2.93. The van der Waals surface area contributed by atoms with Gasteiger partial charge in [0.25, 0.3) is 0 Å². The highest BCUT2D eigenvalue weighted by Gasteiger charge is 2.21. The lowest BCUT2D eigenvalue weighted by atomic mass is 10.1. The molecule has 340 valence electrons. The monoisotopic (exact) mass is 926 g/mol. The number of rotatable bonds is 16. The molecule has 4 aliphatic heterocycles. The number of anilines is 2. The molecule has 64 heavy (non-hydrogen) atoms. The summed E-state index contributed by atoms with van der Waals surface area (Å²) in [6.45, 7) is 11.2. The fraction of sp³-hybridized carbons (Fsp3) is 0.400. The van der Waals surface area contributed by atoms with Crippen LogP contribution in [-0.4, -0.2) is 126 Å². The third-order valence-electron chi connectivity index (χ3n) is 11.9. The van der Waals surface area contributed by atoms with Gasteiger partial charge in [-0.15, -0.1) is 23.5 Å². The van der Waals surface area contributed by atoms with Crippen LogP contribution in [0.5, 0.6) is 11.5 Å². The smallest absolute Gasteiger partial charge is 0.248 e. The number of para-hydroxylation sites is 1. The Morgan fingerprint density at radius 3 is 1.64 bits per heavy atom. The number of fused-ring (bicyclic) bond motifs is 2. The first kappa shape index (κ1) is 47.3. The molecule has 0 bridgehead atoms. The molecule has 4 aromatic carbocycles. The summed E-state index contributed by atoms with van der Waals surface area (Å²) in [4.78, 5) is 36.9. The Balaban J connectivity index is 0.000000191. The Labute approximate surface area is 391 Å². The van der Waals surface area contributed by atoms with E-state index >= 15 is 0 Å². The number of halogens is 2. The van der Waals surface area contributed by atoms with E-state index in [-0.39, 0.29) is 17.6 Å². The highest BCUT2D eigenvalue weighted by Crippen LogP contribution is 2.35. The van der Waals surface area contributed by atoms with Crippen molar-refractivity contribution in [1.29, 1.82) is 0 Å². The third kappa shape index (κ3) is 13.4. The minimum absolute atomic E-state index is 0.0180. The van der Waals surface area contributed by atoms with E-state index in [9.17, 15) is 14.0 Å². The summed E-state index contributed by atoms with van der Waals surface area (Å²) in [6.07, 6.45) is 8.02. The molecule has 0 atom stereocenters. The van der Waals surface area contributed by atoms with Gasteiger partial charge in [-0.2, -0.15) is 0 Å². The first-order chi connectivity index (χ1) is 31.3. The zero-order valence-electron chi connectivity index (χ0n) is 37.0. The Hall–Kier alpha value is -4.66. The van der Waals surface area contributed by atoms with E-state index in [1.807, 2.05) is 72.8 Å². The highest BCUT2D eigenvalue weighted by atomic mass is 35.5. The molecule has 0 spiro atoms. The van der Waals surface area contributed by atoms with Crippen molar-refractivity contribution in [3.8, 4) is 11.5 Å². The largest absolute Gasteiger partial charge is 0.497 e. The second kappa shape index (κ2) is 24.0. The summed E-state index contributed by atoms with van der Waals surface area (Å²) in [7, 11) is 3.31. The minimum atomic E-state index is -0.147. The van der Waals surface area contributed by atoms with Crippen molar-refractivity contribution in [1.82, 2.24) is 20.4 Å². The normalized spacial score (nSPS) is 16.3. The number of unbranched alkanes of at least 4 members (excludes halogenated alkanes) is 2. The van der Waals surface area contributed by atoms with Crippen molar-refractivity contribution < 1.29 is 23.5 Å². The van der Waals surface area contributed by atoms with Crippen LogP contribution in [0.2, 0.25) is 5.02 Å². The van der Waals surface area contributed by atoms with Crippen molar-refractivity contribution in [2.45, 2.75) is 35.5 Å². The molecule has 4 heterocycles. The lowest BCUT2D eigenvalue weighted by Crippen LogP contribution is -2.47. The predicted octanol–water partition coefficient (Wildman–Crippen LogP) is 8.60. The van der Waals surface area contributed by atoms with E-state index in [1.165, 1.54) is 21.5 Å². The molecule has 0 aliphatic carbocycles. The average Bonchev–Trinajstić information content (AvgIpc) is 3.33. The lowest BCUT2D eigenvalue weighted by Gasteiger charge is -2.36. The maximum Gasteiger partial charge on any atom is 0.248 e. The zero-order valence-corrected chi connectivity index (χ0v) is 39.3. The number of amides is 2. The molecule has 0 radical (unpaired) electrons. The molecule has 0 saturated carbocycles. The van der Waals surface area contributed by atoms with Crippen LogP contribution in [0.4, 0.5) is 15.8 Å². The van der Waals surface area contributed by atoms with Crippen molar-refractivity contribution in [3.05, 3.63) is 118 Å². The predicted molar refractivity (Wildman–Crippen MR) is 263 cm³/mol. The summed E-state index contributed by atoms with van der Waals surface area (Å²) in [6, 6.07) is 27.0. The van der Waals surface area contributed by atoms with Gasteiger partial charge in [-0.3, -0.25) is 19.4 Å². The Morgan fingerprint density at radius 2 is 1.14 bits per heavy atom. The van der Waals surface area contributed by atoms with Crippen LogP contribution in [0, 0.1) is 5.82 Å². The van der Waals surface area contributed by atoms with Gasteiger partial charge in [0.05, 0.1) is 19.9 Å². The summed E-state index contributed by atoms with van der Waals surface area (Å²) < 4.78 is 24.6. The van der Waals surface area contributed by atoms with Gasteiger partial charge in [-0.1, -0.05) is 29.8 Å². The second-order valence-electron chi connectivity index (χ2n) is 16.2. The quantitative estimate of drug-likeness (QED) is 0.107. The first-order valence-electron chi connectivity index (χ1n) is 22.3. The van der Waals surface area contributed by atoms with Gasteiger partial charge >= 0.3 is 0 Å². The molecule has 2 amide bonds. The molecule has 4 aromatic rings. The number of carbonyl (C=O) groups is 2. The van der Waals surface area contributed by atoms with Gasteiger partial charge < -0.3 is 29.9 Å². The summed E-state index contributed by atoms with van der Waals surface area (Å²) >= 11 is 9.51. The van der Waals surface area contributed by atoms with Crippen molar-refractivity contribution >= 4 is 70.5 Å². The Bertz CT molecular complexity index is 2260. The molecule has 2 N–H and O–H groups in total. The third-order valence-corrected chi connectivity index (χ3v) is 14.4. The number of hydrogen-bond donors (Lipinski definition) is 2. The first-order valence-corrected chi connectivity index (χ1v) is 24.6. The molecule has 4 aliphatic rings. The van der Waals surface area contributed by atoms with Crippen LogP contribution in [0.1, 0.15) is 36.8 Å². The van der Waals surface area contributed by atoms with E-state index in [0.717, 1.165) is 130 Å². The van der Waals surface area contributed by atoms with Crippen molar-refractivity contribution in [3.63, 3.8) is 0 Å².